The van der Waals surface area contributed by atoms with E-state index in [1.54, 1.807) is 0 Å². The van der Waals surface area contributed by atoms with Gasteiger partial charge < -0.3 is 19.7 Å². The van der Waals surface area contributed by atoms with E-state index < -0.39 is 5.60 Å². The van der Waals surface area contributed by atoms with Crippen molar-refractivity contribution in [3.63, 3.8) is 0 Å². The van der Waals surface area contributed by atoms with Crippen LogP contribution in [0, 0.1) is 5.92 Å². The zero-order valence-electron chi connectivity index (χ0n) is 18.1. The molecule has 1 aliphatic heterocycles. The highest BCUT2D eigenvalue weighted by molar-refractivity contribution is 5.97. The number of carbonyl (C=O) groups is 1. The average molecular weight is 391 g/mol. The molecule has 0 saturated carbocycles. The molecule has 0 aromatic heterocycles. The SMILES string of the molecule is CCOC(C)(CC(C)C)C(=O)Nc1ccc(OCCCN2CCCCC2)cc1. The van der Waals surface area contributed by atoms with E-state index in [9.17, 15) is 4.79 Å². The van der Waals surface area contributed by atoms with Gasteiger partial charge in [-0.25, -0.2) is 0 Å². The number of nitrogens with zero attached hydrogens (tertiary/aromatic N) is 1. The Labute approximate surface area is 170 Å². The zero-order valence-corrected chi connectivity index (χ0v) is 18.1. The minimum atomic E-state index is -0.813. The zero-order chi connectivity index (χ0) is 20.4. The van der Waals surface area contributed by atoms with E-state index >= 15 is 0 Å². The summed E-state index contributed by atoms with van der Waals surface area (Å²) < 4.78 is 11.6. The number of hydrogen-bond acceptors (Lipinski definition) is 4. The molecule has 1 amide bonds. The number of likely N-dealkylation sites (tertiary alicyclic amines) is 1. The lowest BCUT2D eigenvalue weighted by Gasteiger charge is -2.29. The molecule has 1 aliphatic rings. The van der Waals surface area contributed by atoms with Gasteiger partial charge in [0.2, 0.25) is 0 Å². The maximum atomic E-state index is 12.7. The van der Waals surface area contributed by atoms with Gasteiger partial charge in [-0.1, -0.05) is 20.3 Å². The predicted octanol–water partition coefficient (Wildman–Crippen LogP) is 4.72. The van der Waals surface area contributed by atoms with Gasteiger partial charge in [0.05, 0.1) is 6.61 Å². The highest BCUT2D eigenvalue weighted by atomic mass is 16.5. The van der Waals surface area contributed by atoms with Crippen molar-refractivity contribution in [1.29, 1.82) is 0 Å². The second kappa shape index (κ2) is 11.4. The predicted molar refractivity (Wildman–Crippen MR) is 115 cm³/mol. The third-order valence-electron chi connectivity index (χ3n) is 5.19. The fourth-order valence-corrected chi connectivity index (χ4v) is 3.87. The fourth-order valence-electron chi connectivity index (χ4n) is 3.87. The molecule has 1 heterocycles. The first-order valence-corrected chi connectivity index (χ1v) is 10.8. The van der Waals surface area contributed by atoms with E-state index in [0.29, 0.717) is 18.9 Å². The van der Waals surface area contributed by atoms with Crippen LogP contribution in [0.3, 0.4) is 0 Å². The second-order valence-corrected chi connectivity index (χ2v) is 8.34. The molecule has 28 heavy (non-hydrogen) atoms. The van der Waals surface area contributed by atoms with Gasteiger partial charge in [0.1, 0.15) is 11.4 Å². The molecule has 0 radical (unpaired) electrons. The van der Waals surface area contributed by atoms with Crippen LogP contribution in [-0.4, -0.2) is 49.3 Å². The summed E-state index contributed by atoms with van der Waals surface area (Å²) in [6.45, 7) is 12.8. The first-order valence-electron chi connectivity index (χ1n) is 10.8. The quantitative estimate of drug-likeness (QED) is 0.556. The molecule has 1 N–H and O–H groups in total. The molecule has 1 saturated heterocycles. The minimum Gasteiger partial charge on any atom is -0.494 e. The molecule has 1 atom stereocenters. The van der Waals surface area contributed by atoms with E-state index in [0.717, 1.165) is 31.0 Å². The smallest absolute Gasteiger partial charge is 0.256 e. The number of ether oxygens (including phenoxy) is 2. The topological polar surface area (TPSA) is 50.8 Å². The third kappa shape index (κ3) is 7.44. The van der Waals surface area contributed by atoms with Crippen LogP contribution >= 0.6 is 0 Å². The Morgan fingerprint density at radius 1 is 1.18 bits per heavy atom. The molecule has 1 aromatic carbocycles. The van der Waals surface area contributed by atoms with E-state index in [2.05, 4.69) is 24.1 Å². The number of nitrogens with one attached hydrogen (secondary N) is 1. The van der Waals surface area contributed by atoms with E-state index in [-0.39, 0.29) is 5.91 Å². The van der Waals surface area contributed by atoms with Gasteiger partial charge in [0.25, 0.3) is 5.91 Å². The molecule has 5 heteroatoms. The number of piperidine rings is 1. The summed E-state index contributed by atoms with van der Waals surface area (Å²) in [4.78, 5) is 15.3. The Bertz CT molecular complexity index is 582. The van der Waals surface area contributed by atoms with Crippen molar-refractivity contribution < 1.29 is 14.3 Å². The standard InChI is InChI=1S/C23H38N2O3/c1-5-28-23(4,18-19(2)3)22(26)24-20-10-12-21(13-11-20)27-17-9-16-25-14-7-6-8-15-25/h10-13,19H,5-9,14-18H2,1-4H3,(H,24,26). The Balaban J connectivity index is 1.78. The molecule has 2 rings (SSSR count). The van der Waals surface area contributed by atoms with E-state index in [1.807, 2.05) is 38.1 Å². The summed E-state index contributed by atoms with van der Waals surface area (Å²) in [5.41, 5.74) is -0.0487. The number of amides is 1. The van der Waals surface area contributed by atoms with Crippen LogP contribution in [-0.2, 0) is 9.53 Å². The van der Waals surface area contributed by atoms with Crippen molar-refractivity contribution in [3.05, 3.63) is 24.3 Å². The van der Waals surface area contributed by atoms with Gasteiger partial charge in [0, 0.05) is 18.8 Å². The van der Waals surface area contributed by atoms with Crippen molar-refractivity contribution in [2.45, 2.75) is 65.4 Å². The van der Waals surface area contributed by atoms with Crippen molar-refractivity contribution in [2.24, 2.45) is 5.92 Å². The van der Waals surface area contributed by atoms with Gasteiger partial charge in [-0.15, -0.1) is 0 Å². The van der Waals surface area contributed by atoms with Gasteiger partial charge in [0.15, 0.2) is 0 Å². The summed E-state index contributed by atoms with van der Waals surface area (Å²) in [7, 11) is 0. The molecule has 1 fully saturated rings. The average Bonchev–Trinajstić information content (AvgIpc) is 2.67. The van der Waals surface area contributed by atoms with Crippen LogP contribution < -0.4 is 10.1 Å². The van der Waals surface area contributed by atoms with Gasteiger partial charge in [-0.3, -0.25) is 4.79 Å². The molecule has 5 nitrogen and oxygen atoms in total. The Hall–Kier alpha value is -1.59. The lowest BCUT2D eigenvalue weighted by molar-refractivity contribution is -0.140. The summed E-state index contributed by atoms with van der Waals surface area (Å²) in [5.74, 6) is 1.12. The largest absolute Gasteiger partial charge is 0.494 e. The Kier molecular flexibility index (Phi) is 9.26. The molecular weight excluding hydrogens is 352 g/mol. The van der Waals surface area contributed by atoms with Crippen LogP contribution in [0.2, 0.25) is 0 Å². The molecule has 1 unspecified atom stereocenters. The summed E-state index contributed by atoms with van der Waals surface area (Å²) in [5, 5.41) is 2.98. The molecule has 158 valence electrons. The van der Waals surface area contributed by atoms with Gasteiger partial charge in [-0.2, -0.15) is 0 Å². The van der Waals surface area contributed by atoms with Crippen LogP contribution in [0.25, 0.3) is 0 Å². The van der Waals surface area contributed by atoms with Gasteiger partial charge in [-0.05, 0) is 82.8 Å². The summed E-state index contributed by atoms with van der Waals surface area (Å²) in [6.07, 6.45) is 5.75. The number of rotatable bonds is 11. The normalized spacial score (nSPS) is 17.3. The Morgan fingerprint density at radius 3 is 2.46 bits per heavy atom. The van der Waals surface area contributed by atoms with E-state index in [4.69, 9.17) is 9.47 Å². The third-order valence-corrected chi connectivity index (χ3v) is 5.19. The fraction of sp³-hybridized carbons (Fsp3) is 0.696. The number of benzene rings is 1. The van der Waals surface area contributed by atoms with Crippen molar-refractivity contribution in [2.75, 3.05) is 38.2 Å². The molecule has 0 aliphatic carbocycles. The number of carbonyl (C=O) groups excluding carboxylic acids is 1. The van der Waals surface area contributed by atoms with E-state index in [1.165, 1.54) is 32.4 Å². The maximum Gasteiger partial charge on any atom is 0.256 e. The van der Waals surface area contributed by atoms with Crippen LogP contribution in [0.5, 0.6) is 5.75 Å². The monoisotopic (exact) mass is 390 g/mol. The van der Waals surface area contributed by atoms with Crippen LogP contribution in [0.1, 0.15) is 59.8 Å². The van der Waals surface area contributed by atoms with Crippen molar-refractivity contribution in [1.82, 2.24) is 4.90 Å². The minimum absolute atomic E-state index is 0.0988. The summed E-state index contributed by atoms with van der Waals surface area (Å²) >= 11 is 0. The van der Waals surface area contributed by atoms with Crippen LogP contribution in [0.15, 0.2) is 24.3 Å². The van der Waals surface area contributed by atoms with Crippen molar-refractivity contribution in [3.8, 4) is 5.75 Å². The lowest BCUT2D eigenvalue weighted by Crippen LogP contribution is -2.43. The van der Waals surface area contributed by atoms with Crippen LogP contribution in [0.4, 0.5) is 5.69 Å². The lowest BCUT2D eigenvalue weighted by atomic mass is 9.93. The molecule has 0 spiro atoms. The molecule has 0 bridgehead atoms. The first kappa shape index (κ1) is 22.7. The van der Waals surface area contributed by atoms with Crippen molar-refractivity contribution >= 4 is 11.6 Å². The molecule has 1 aromatic rings. The highest BCUT2D eigenvalue weighted by Gasteiger charge is 2.34. The second-order valence-electron chi connectivity index (χ2n) is 8.34. The number of anilines is 1. The maximum absolute atomic E-state index is 12.7. The first-order chi connectivity index (χ1) is 13.4. The number of hydrogen-bond donors (Lipinski definition) is 1. The van der Waals surface area contributed by atoms with Gasteiger partial charge >= 0.3 is 0 Å². The summed E-state index contributed by atoms with van der Waals surface area (Å²) in [6, 6.07) is 7.60. The Morgan fingerprint density at radius 2 is 1.86 bits per heavy atom. The molecular formula is C23H38N2O3. The highest BCUT2D eigenvalue weighted by Crippen LogP contribution is 2.24.